The van der Waals surface area contributed by atoms with Crippen molar-refractivity contribution in [3.8, 4) is 0 Å². The van der Waals surface area contributed by atoms with E-state index in [0.717, 1.165) is 36.0 Å². The van der Waals surface area contributed by atoms with Gasteiger partial charge in [-0.25, -0.2) is 0 Å². The summed E-state index contributed by atoms with van der Waals surface area (Å²) in [5, 5.41) is 0. The fourth-order valence-electron chi connectivity index (χ4n) is 4.07. The van der Waals surface area contributed by atoms with E-state index in [0.29, 0.717) is 38.5 Å². The lowest BCUT2D eigenvalue weighted by molar-refractivity contribution is -0.133. The van der Waals surface area contributed by atoms with Crippen molar-refractivity contribution >= 4 is 11.8 Å². The third-order valence-electron chi connectivity index (χ3n) is 5.55. The Morgan fingerprint density at radius 3 is 2.00 bits per heavy atom. The number of aryl methyl sites for hydroxylation is 3. The van der Waals surface area contributed by atoms with Crippen LogP contribution in [0.3, 0.4) is 0 Å². The Morgan fingerprint density at radius 2 is 1.50 bits per heavy atom. The fraction of sp³-hybridized carbons (Fsp3) is 0.636. The monoisotopic (exact) mass is 358 g/mol. The topological polar surface area (TPSA) is 40.6 Å². The molecule has 4 nitrogen and oxygen atoms in total. The van der Waals surface area contributed by atoms with Gasteiger partial charge in [0.15, 0.2) is 0 Å². The molecular formula is C22H34N2O2. The van der Waals surface area contributed by atoms with Crippen LogP contribution in [0.5, 0.6) is 0 Å². The number of carbonyl (C=O) groups is 2. The molecule has 144 valence electrons. The zero-order valence-corrected chi connectivity index (χ0v) is 17.1. The first kappa shape index (κ1) is 20.5. The second-order valence-corrected chi connectivity index (χ2v) is 7.71. The van der Waals surface area contributed by atoms with Crippen molar-refractivity contribution in [3.05, 3.63) is 34.4 Å². The third-order valence-corrected chi connectivity index (χ3v) is 5.55. The number of rotatable bonds is 6. The molecule has 0 bridgehead atoms. The van der Waals surface area contributed by atoms with Gasteiger partial charge in [0, 0.05) is 38.2 Å². The highest BCUT2D eigenvalue weighted by molar-refractivity contribution is 5.97. The van der Waals surface area contributed by atoms with Gasteiger partial charge in [0.2, 0.25) is 5.91 Å². The van der Waals surface area contributed by atoms with Crippen molar-refractivity contribution in [3.63, 3.8) is 0 Å². The van der Waals surface area contributed by atoms with Crippen LogP contribution in [0.25, 0.3) is 0 Å². The summed E-state index contributed by atoms with van der Waals surface area (Å²) in [6, 6.07) is 4.14. The molecule has 1 heterocycles. The highest BCUT2D eigenvalue weighted by Gasteiger charge is 2.27. The standard InChI is InChI=1S/C22H34N2O2/c1-6-8-19(7-2)15-20(25)23-9-11-24(12-10-23)22(26)21-17(4)13-16(3)14-18(21)5/h13-14,19H,6-12,15H2,1-5H3. The van der Waals surface area contributed by atoms with Gasteiger partial charge < -0.3 is 9.80 Å². The van der Waals surface area contributed by atoms with E-state index in [1.165, 1.54) is 5.56 Å². The van der Waals surface area contributed by atoms with Gasteiger partial charge in [-0.15, -0.1) is 0 Å². The SMILES string of the molecule is CCCC(CC)CC(=O)N1CCN(C(=O)c2c(C)cc(C)cc2C)CC1. The van der Waals surface area contributed by atoms with Crippen LogP contribution in [0.4, 0.5) is 0 Å². The average Bonchev–Trinajstić information content (AvgIpc) is 2.60. The van der Waals surface area contributed by atoms with Crippen molar-refractivity contribution in [1.82, 2.24) is 9.80 Å². The Bertz CT molecular complexity index is 623. The fourth-order valence-corrected chi connectivity index (χ4v) is 4.07. The molecule has 0 aromatic heterocycles. The second-order valence-electron chi connectivity index (χ2n) is 7.71. The van der Waals surface area contributed by atoms with Crippen molar-refractivity contribution in [2.24, 2.45) is 5.92 Å². The maximum absolute atomic E-state index is 13.0. The molecule has 0 N–H and O–H groups in total. The van der Waals surface area contributed by atoms with Crippen LogP contribution < -0.4 is 0 Å². The van der Waals surface area contributed by atoms with E-state index < -0.39 is 0 Å². The Morgan fingerprint density at radius 1 is 0.962 bits per heavy atom. The molecule has 1 saturated heterocycles. The van der Waals surface area contributed by atoms with Crippen LogP contribution in [0.1, 0.15) is 66.6 Å². The highest BCUT2D eigenvalue weighted by Crippen LogP contribution is 2.21. The summed E-state index contributed by atoms with van der Waals surface area (Å²) in [5.74, 6) is 0.842. The predicted molar refractivity (Wildman–Crippen MR) is 106 cm³/mol. The molecule has 2 rings (SSSR count). The minimum atomic E-state index is 0.101. The van der Waals surface area contributed by atoms with Gasteiger partial charge >= 0.3 is 0 Å². The molecule has 0 saturated carbocycles. The molecule has 1 atom stereocenters. The van der Waals surface area contributed by atoms with Crippen molar-refractivity contribution in [1.29, 1.82) is 0 Å². The molecule has 4 heteroatoms. The van der Waals surface area contributed by atoms with Crippen molar-refractivity contribution < 1.29 is 9.59 Å². The van der Waals surface area contributed by atoms with Crippen molar-refractivity contribution in [2.75, 3.05) is 26.2 Å². The van der Waals surface area contributed by atoms with Gasteiger partial charge in [0.1, 0.15) is 0 Å². The molecule has 1 aromatic rings. The Kier molecular flexibility index (Phi) is 7.24. The van der Waals surface area contributed by atoms with Gasteiger partial charge in [-0.3, -0.25) is 9.59 Å². The van der Waals surface area contributed by atoms with E-state index >= 15 is 0 Å². The van der Waals surface area contributed by atoms with Crippen molar-refractivity contribution in [2.45, 2.75) is 60.3 Å². The molecule has 0 aliphatic carbocycles. The molecular weight excluding hydrogens is 324 g/mol. The number of carbonyl (C=O) groups excluding carboxylic acids is 2. The third kappa shape index (κ3) is 4.87. The summed E-state index contributed by atoms with van der Waals surface area (Å²) in [6.07, 6.45) is 3.95. The quantitative estimate of drug-likeness (QED) is 0.768. The lowest BCUT2D eigenvalue weighted by atomic mass is 9.96. The molecule has 1 aliphatic heterocycles. The minimum absolute atomic E-state index is 0.101. The summed E-state index contributed by atoms with van der Waals surface area (Å²) in [4.78, 5) is 29.4. The number of benzene rings is 1. The van der Waals surface area contributed by atoms with Crippen LogP contribution in [0, 0.1) is 26.7 Å². The first-order chi connectivity index (χ1) is 12.4. The van der Waals surface area contributed by atoms with Gasteiger partial charge in [0.25, 0.3) is 5.91 Å². The van der Waals surface area contributed by atoms with E-state index in [1.807, 2.05) is 23.6 Å². The second kappa shape index (κ2) is 9.20. The lowest BCUT2D eigenvalue weighted by Crippen LogP contribution is -2.51. The van der Waals surface area contributed by atoms with E-state index in [2.05, 4.69) is 32.9 Å². The number of amides is 2. The van der Waals surface area contributed by atoms with E-state index in [1.54, 1.807) is 0 Å². The van der Waals surface area contributed by atoms with Crippen LogP contribution in [0.2, 0.25) is 0 Å². The van der Waals surface area contributed by atoms with Crippen LogP contribution in [-0.2, 0) is 4.79 Å². The smallest absolute Gasteiger partial charge is 0.254 e. The highest BCUT2D eigenvalue weighted by atomic mass is 16.2. The molecule has 26 heavy (non-hydrogen) atoms. The summed E-state index contributed by atoms with van der Waals surface area (Å²) < 4.78 is 0. The van der Waals surface area contributed by atoms with Gasteiger partial charge in [0.05, 0.1) is 0 Å². The first-order valence-corrected chi connectivity index (χ1v) is 10.0. The Balaban J connectivity index is 1.96. The maximum Gasteiger partial charge on any atom is 0.254 e. The van der Waals surface area contributed by atoms with Crippen LogP contribution >= 0.6 is 0 Å². The number of hydrogen-bond acceptors (Lipinski definition) is 2. The normalized spacial score (nSPS) is 15.9. The minimum Gasteiger partial charge on any atom is -0.339 e. The number of nitrogens with zero attached hydrogens (tertiary/aromatic N) is 2. The maximum atomic E-state index is 13.0. The zero-order chi connectivity index (χ0) is 19.3. The molecule has 0 radical (unpaired) electrons. The van der Waals surface area contributed by atoms with Gasteiger partial charge in [-0.1, -0.05) is 50.8 Å². The molecule has 1 aromatic carbocycles. The largest absolute Gasteiger partial charge is 0.339 e. The molecule has 1 unspecified atom stereocenters. The summed E-state index contributed by atoms with van der Waals surface area (Å²) >= 11 is 0. The summed E-state index contributed by atoms with van der Waals surface area (Å²) in [5.41, 5.74) is 4.08. The summed E-state index contributed by atoms with van der Waals surface area (Å²) in [6.45, 7) is 13.0. The van der Waals surface area contributed by atoms with E-state index in [-0.39, 0.29) is 11.8 Å². The average molecular weight is 359 g/mol. The molecule has 1 aliphatic rings. The van der Waals surface area contributed by atoms with Crippen LogP contribution in [-0.4, -0.2) is 47.8 Å². The number of hydrogen-bond donors (Lipinski definition) is 0. The predicted octanol–water partition coefficient (Wildman–Crippen LogP) is 4.11. The summed E-state index contributed by atoms with van der Waals surface area (Å²) in [7, 11) is 0. The Labute approximate surface area is 158 Å². The van der Waals surface area contributed by atoms with Gasteiger partial charge in [-0.05, 0) is 37.8 Å². The molecule has 2 amide bonds. The molecule has 1 fully saturated rings. The zero-order valence-electron chi connectivity index (χ0n) is 17.1. The first-order valence-electron chi connectivity index (χ1n) is 10.0. The van der Waals surface area contributed by atoms with E-state index in [4.69, 9.17) is 0 Å². The van der Waals surface area contributed by atoms with E-state index in [9.17, 15) is 9.59 Å². The number of piperazine rings is 1. The van der Waals surface area contributed by atoms with Crippen LogP contribution in [0.15, 0.2) is 12.1 Å². The molecule has 0 spiro atoms. The van der Waals surface area contributed by atoms with Gasteiger partial charge in [-0.2, -0.15) is 0 Å². The Hall–Kier alpha value is -1.84. The lowest BCUT2D eigenvalue weighted by Gasteiger charge is -2.36.